The summed E-state index contributed by atoms with van der Waals surface area (Å²) in [6, 6.07) is 82.9. The topological polar surface area (TPSA) is 35.9 Å². The Bertz CT molecular complexity index is 4210. The Morgan fingerprint density at radius 2 is 0.710 bits per heavy atom. The zero-order valence-electron chi connectivity index (χ0n) is 37.5. The minimum atomic E-state index is -0.651. The third-order valence-corrected chi connectivity index (χ3v) is 15.5. The molecule has 322 valence electrons. The van der Waals surface area contributed by atoms with E-state index in [9.17, 15) is 0 Å². The first-order valence-electron chi connectivity index (χ1n) is 23.8. The first-order chi connectivity index (χ1) is 34.2. The molecule has 1 aliphatic carbocycles. The maximum Gasteiger partial charge on any atom is 0.212 e. The maximum absolute atomic E-state index is 5.37. The molecule has 5 heterocycles. The quantitative estimate of drug-likeness (QED) is 0.177. The smallest absolute Gasteiger partial charge is 0.212 e. The third-order valence-electron chi connectivity index (χ3n) is 15.5. The van der Waals surface area contributed by atoms with E-state index >= 15 is 0 Å². The second-order valence-electron chi connectivity index (χ2n) is 18.8. The molecular formula is C63H40N6. The average Bonchev–Trinajstić information content (AvgIpc) is 4.20. The van der Waals surface area contributed by atoms with Crippen LogP contribution in [0, 0.1) is 0 Å². The molecule has 0 saturated carbocycles. The predicted octanol–water partition coefficient (Wildman–Crippen LogP) is 15.0. The number of hydrogen-bond donors (Lipinski definition) is 0. The molecule has 6 heteroatoms. The van der Waals surface area contributed by atoms with Crippen molar-refractivity contribution in [3.8, 4) is 33.9 Å². The molecule has 0 radical (unpaired) electrons. The van der Waals surface area contributed by atoms with E-state index in [0.29, 0.717) is 0 Å². The van der Waals surface area contributed by atoms with Crippen molar-refractivity contribution in [3.63, 3.8) is 0 Å². The fourth-order valence-electron chi connectivity index (χ4n) is 12.8. The molecule has 16 rings (SSSR count). The summed E-state index contributed by atoms with van der Waals surface area (Å²) < 4.78 is 9.73. The molecule has 0 N–H and O–H groups in total. The Morgan fingerprint density at radius 3 is 1.22 bits per heavy atom. The summed E-state index contributed by atoms with van der Waals surface area (Å²) in [5.74, 6) is 0.926. The summed E-state index contributed by atoms with van der Waals surface area (Å²) in [6.07, 6.45) is 0. The van der Waals surface area contributed by atoms with E-state index < -0.39 is 5.54 Å². The van der Waals surface area contributed by atoms with E-state index in [4.69, 9.17) is 4.98 Å². The summed E-state index contributed by atoms with van der Waals surface area (Å²) in [4.78, 5) is 7.80. The van der Waals surface area contributed by atoms with E-state index in [0.717, 1.165) is 50.8 Å². The van der Waals surface area contributed by atoms with Gasteiger partial charge in [0.1, 0.15) is 5.54 Å². The molecule has 10 aromatic carbocycles. The average molecular weight is 881 g/mol. The van der Waals surface area contributed by atoms with Crippen LogP contribution in [0.5, 0.6) is 0 Å². The van der Waals surface area contributed by atoms with Gasteiger partial charge < -0.3 is 18.6 Å². The highest BCUT2D eigenvalue weighted by atomic mass is 15.4. The molecule has 0 saturated heterocycles. The summed E-state index contributed by atoms with van der Waals surface area (Å²) >= 11 is 0. The van der Waals surface area contributed by atoms with Gasteiger partial charge in [-0.05, 0) is 113 Å². The first kappa shape index (κ1) is 37.0. The second-order valence-corrected chi connectivity index (χ2v) is 18.8. The molecule has 2 aliphatic rings. The largest absolute Gasteiger partial charge is 0.327 e. The Morgan fingerprint density at radius 1 is 0.319 bits per heavy atom. The van der Waals surface area contributed by atoms with Crippen LogP contribution in [0.1, 0.15) is 16.7 Å². The minimum Gasteiger partial charge on any atom is -0.327 e. The van der Waals surface area contributed by atoms with Gasteiger partial charge in [0.05, 0.1) is 49.8 Å². The SMILES string of the molecule is CN1c2nc3ccccc3n2-c2ccc(-n3c4ccc(-n5c6ccccc6c6ccccc65)cc4c4cc(-n5c6ccccc6c6ccccc65)ccc43)cc2C12c1ccccc1-c1ccccc12. The van der Waals surface area contributed by atoms with Crippen LogP contribution in [0.15, 0.2) is 224 Å². The lowest BCUT2D eigenvalue weighted by Crippen LogP contribution is -2.49. The van der Waals surface area contributed by atoms with E-state index in [2.05, 4.69) is 255 Å². The molecule has 0 bridgehead atoms. The Hall–Kier alpha value is -9.13. The molecule has 14 aromatic rings. The fourth-order valence-corrected chi connectivity index (χ4v) is 12.8. The van der Waals surface area contributed by atoms with Crippen LogP contribution in [0.2, 0.25) is 0 Å². The zero-order chi connectivity index (χ0) is 45.1. The molecule has 4 aromatic heterocycles. The van der Waals surface area contributed by atoms with Crippen molar-refractivity contribution in [1.29, 1.82) is 0 Å². The molecular weight excluding hydrogens is 841 g/mol. The van der Waals surface area contributed by atoms with E-state index in [1.807, 2.05) is 0 Å². The van der Waals surface area contributed by atoms with Crippen molar-refractivity contribution in [2.24, 2.45) is 0 Å². The first-order valence-corrected chi connectivity index (χ1v) is 23.8. The normalized spacial score (nSPS) is 13.7. The fraction of sp³-hybridized carbons (Fsp3) is 0.0317. The standard InChI is InChI=1S/C63H40N6/c1-65-62-64-53-24-10-15-29-61(53)69(62)60-35-32-41(38-52(60)63(65)50-22-8-2-16-42(50)43-17-3-9-23-51(43)63)68-58-33-30-39(66-54-25-11-4-18-44(54)45-19-5-12-26-55(45)66)36-48(58)49-37-40(31-34-59(49)68)67-56-27-13-6-20-46(56)47-21-7-14-28-57(47)67/h2-38H,1H3. The van der Waals surface area contributed by atoms with Gasteiger partial charge in [-0.1, -0.05) is 133 Å². The number of fused-ring (bicyclic) bond motifs is 20. The third kappa shape index (κ3) is 4.63. The minimum absolute atomic E-state index is 0.651. The van der Waals surface area contributed by atoms with Crippen LogP contribution in [0.25, 0.3) is 110 Å². The Labute approximate surface area is 396 Å². The van der Waals surface area contributed by atoms with Gasteiger partial charge in [0.2, 0.25) is 5.95 Å². The molecule has 0 amide bonds. The summed E-state index contributed by atoms with van der Waals surface area (Å²) in [6.45, 7) is 0. The highest BCUT2D eigenvalue weighted by Crippen LogP contribution is 2.59. The lowest BCUT2D eigenvalue weighted by atomic mass is 9.77. The van der Waals surface area contributed by atoms with Gasteiger partial charge in [0, 0.05) is 62.0 Å². The molecule has 1 aliphatic heterocycles. The van der Waals surface area contributed by atoms with E-state index in [1.54, 1.807) is 0 Å². The van der Waals surface area contributed by atoms with Crippen molar-refractivity contribution in [2.75, 3.05) is 11.9 Å². The molecule has 1 spiro atoms. The van der Waals surface area contributed by atoms with Gasteiger partial charge >= 0.3 is 0 Å². The summed E-state index contributed by atoms with van der Waals surface area (Å²) in [5, 5.41) is 7.39. The van der Waals surface area contributed by atoms with Crippen molar-refractivity contribution in [2.45, 2.75) is 5.54 Å². The lowest BCUT2D eigenvalue weighted by molar-refractivity contribution is 0.577. The predicted molar refractivity (Wildman–Crippen MR) is 284 cm³/mol. The maximum atomic E-state index is 5.37. The van der Waals surface area contributed by atoms with E-state index in [-0.39, 0.29) is 0 Å². The second kappa shape index (κ2) is 13.3. The van der Waals surface area contributed by atoms with Crippen molar-refractivity contribution in [1.82, 2.24) is 23.3 Å². The monoisotopic (exact) mass is 880 g/mol. The number of hydrogen-bond acceptors (Lipinski definition) is 2. The Balaban J connectivity index is 1.01. The molecule has 0 fully saturated rings. The Kier molecular flexibility index (Phi) is 7.12. The molecule has 0 unspecified atom stereocenters. The van der Waals surface area contributed by atoms with Crippen LogP contribution >= 0.6 is 0 Å². The van der Waals surface area contributed by atoms with Gasteiger partial charge in [0.15, 0.2) is 0 Å². The lowest BCUT2D eigenvalue weighted by Gasteiger charge is -2.46. The number of benzene rings is 10. The highest BCUT2D eigenvalue weighted by molar-refractivity contribution is 6.14. The van der Waals surface area contributed by atoms with Crippen molar-refractivity contribution >= 4 is 82.4 Å². The van der Waals surface area contributed by atoms with Crippen molar-refractivity contribution < 1.29 is 0 Å². The van der Waals surface area contributed by atoms with Crippen LogP contribution in [0.4, 0.5) is 5.95 Å². The van der Waals surface area contributed by atoms with Crippen LogP contribution in [-0.4, -0.2) is 30.3 Å². The number of para-hydroxylation sites is 6. The van der Waals surface area contributed by atoms with Crippen LogP contribution < -0.4 is 4.90 Å². The molecule has 6 nitrogen and oxygen atoms in total. The molecule has 69 heavy (non-hydrogen) atoms. The van der Waals surface area contributed by atoms with Crippen molar-refractivity contribution in [3.05, 3.63) is 241 Å². The van der Waals surface area contributed by atoms with Gasteiger partial charge in [-0.3, -0.25) is 4.57 Å². The summed E-state index contributed by atoms with van der Waals surface area (Å²) in [7, 11) is 2.24. The van der Waals surface area contributed by atoms with Gasteiger partial charge in [-0.25, -0.2) is 4.98 Å². The van der Waals surface area contributed by atoms with Crippen LogP contribution in [-0.2, 0) is 5.54 Å². The van der Waals surface area contributed by atoms with Gasteiger partial charge in [-0.15, -0.1) is 0 Å². The van der Waals surface area contributed by atoms with Gasteiger partial charge in [0.25, 0.3) is 0 Å². The highest BCUT2D eigenvalue weighted by Gasteiger charge is 2.53. The number of rotatable bonds is 3. The van der Waals surface area contributed by atoms with Crippen LogP contribution in [0.3, 0.4) is 0 Å². The van der Waals surface area contributed by atoms with Gasteiger partial charge in [-0.2, -0.15) is 0 Å². The molecule has 0 atom stereocenters. The zero-order valence-corrected chi connectivity index (χ0v) is 37.5. The number of aromatic nitrogens is 5. The number of anilines is 1. The summed E-state index contributed by atoms with van der Waals surface area (Å²) in [5.41, 5.74) is 19.2. The number of nitrogens with zero attached hydrogens (tertiary/aromatic N) is 6. The number of imidazole rings is 1. The van der Waals surface area contributed by atoms with E-state index in [1.165, 1.54) is 82.2 Å².